The van der Waals surface area contributed by atoms with E-state index in [0.29, 0.717) is 12.0 Å². The Labute approximate surface area is 56.8 Å². The first-order chi connectivity index (χ1) is 4.24. The van der Waals surface area contributed by atoms with Crippen LogP contribution in [0.4, 0.5) is 0 Å². The highest BCUT2D eigenvalue weighted by Crippen LogP contribution is 2.20. The Morgan fingerprint density at radius 3 is 2.56 bits per heavy atom. The van der Waals surface area contributed by atoms with Gasteiger partial charge in [-0.15, -0.1) is 0 Å². The molecule has 1 heterocycles. The van der Waals surface area contributed by atoms with Gasteiger partial charge in [-0.05, 0) is 12.3 Å². The summed E-state index contributed by atoms with van der Waals surface area (Å²) < 4.78 is 0. The Kier molecular flexibility index (Phi) is 2.09. The molecule has 0 spiro atoms. The zero-order valence-electron chi connectivity index (χ0n) is 6.42. The van der Waals surface area contributed by atoms with Crippen molar-refractivity contribution in [2.24, 2.45) is 5.92 Å². The van der Waals surface area contributed by atoms with Gasteiger partial charge in [0.1, 0.15) is 0 Å². The van der Waals surface area contributed by atoms with Gasteiger partial charge in [-0.25, -0.2) is 0 Å². The summed E-state index contributed by atoms with van der Waals surface area (Å²) in [7, 11) is 1.99. The van der Waals surface area contributed by atoms with Gasteiger partial charge in [0.2, 0.25) is 0 Å². The quantitative estimate of drug-likeness (QED) is 0.528. The van der Waals surface area contributed by atoms with Crippen molar-refractivity contribution in [2.45, 2.75) is 26.4 Å². The largest absolute Gasteiger partial charge is 0.296 e. The lowest BCUT2D eigenvalue weighted by molar-refractivity contribution is -0.128. The molecule has 0 aromatic rings. The molecule has 1 aliphatic heterocycles. The summed E-state index contributed by atoms with van der Waals surface area (Å²) in [4.78, 5) is 5.46. The molecule has 0 radical (unpaired) electrons. The maximum Gasteiger partial charge on any atom is 0.0829 e. The molecule has 2 atom stereocenters. The first kappa shape index (κ1) is 7.03. The number of hydrogen-bond acceptors (Lipinski definition) is 2. The maximum atomic E-state index is 5.46. The van der Waals surface area contributed by atoms with Gasteiger partial charge in [-0.3, -0.25) is 4.84 Å². The minimum Gasteiger partial charge on any atom is -0.296 e. The SMILES string of the molecule is CC[C@@H]1ON(C)C[C@@H]1C. The topological polar surface area (TPSA) is 12.5 Å². The van der Waals surface area contributed by atoms with E-state index >= 15 is 0 Å². The van der Waals surface area contributed by atoms with Crippen molar-refractivity contribution in [1.29, 1.82) is 0 Å². The third kappa shape index (κ3) is 1.43. The minimum absolute atomic E-state index is 0.468. The third-order valence-electron chi connectivity index (χ3n) is 1.90. The van der Waals surface area contributed by atoms with Crippen molar-refractivity contribution in [2.75, 3.05) is 13.6 Å². The Morgan fingerprint density at radius 2 is 2.33 bits per heavy atom. The highest BCUT2D eigenvalue weighted by molar-refractivity contribution is 4.70. The van der Waals surface area contributed by atoms with E-state index in [1.165, 1.54) is 0 Å². The highest BCUT2D eigenvalue weighted by atomic mass is 16.7. The molecule has 0 aliphatic carbocycles. The van der Waals surface area contributed by atoms with Crippen molar-refractivity contribution in [3.63, 3.8) is 0 Å². The van der Waals surface area contributed by atoms with Gasteiger partial charge in [0, 0.05) is 13.6 Å². The fourth-order valence-corrected chi connectivity index (χ4v) is 1.38. The van der Waals surface area contributed by atoms with Crippen LogP contribution in [-0.4, -0.2) is 24.8 Å². The molecule has 1 aliphatic rings. The van der Waals surface area contributed by atoms with E-state index in [0.717, 1.165) is 13.0 Å². The summed E-state index contributed by atoms with van der Waals surface area (Å²) in [6.07, 6.45) is 1.60. The van der Waals surface area contributed by atoms with Gasteiger partial charge in [-0.1, -0.05) is 13.8 Å². The number of hydrogen-bond donors (Lipinski definition) is 0. The molecular formula is C7H15NO. The van der Waals surface area contributed by atoms with Crippen molar-refractivity contribution >= 4 is 0 Å². The van der Waals surface area contributed by atoms with Crippen LogP contribution in [0.1, 0.15) is 20.3 Å². The molecule has 1 rings (SSSR count). The summed E-state index contributed by atoms with van der Waals surface area (Å²) >= 11 is 0. The number of rotatable bonds is 1. The van der Waals surface area contributed by atoms with Crippen molar-refractivity contribution in [3.05, 3.63) is 0 Å². The molecule has 0 aromatic heterocycles. The number of hydroxylamine groups is 2. The number of nitrogens with zero attached hydrogens (tertiary/aromatic N) is 1. The van der Waals surface area contributed by atoms with Gasteiger partial charge >= 0.3 is 0 Å². The molecule has 2 nitrogen and oxygen atoms in total. The molecule has 2 heteroatoms. The maximum absolute atomic E-state index is 5.46. The van der Waals surface area contributed by atoms with Crippen LogP contribution >= 0.6 is 0 Å². The second-order valence-corrected chi connectivity index (χ2v) is 2.84. The highest BCUT2D eigenvalue weighted by Gasteiger charge is 2.26. The van der Waals surface area contributed by atoms with Crippen LogP contribution in [0.25, 0.3) is 0 Å². The lowest BCUT2D eigenvalue weighted by atomic mass is 10.0. The first-order valence-electron chi connectivity index (χ1n) is 3.62. The molecule has 54 valence electrons. The lowest BCUT2D eigenvalue weighted by Crippen LogP contribution is -2.13. The average Bonchev–Trinajstić information content (AvgIpc) is 2.10. The Balaban J connectivity index is 2.38. The smallest absolute Gasteiger partial charge is 0.0829 e. The van der Waals surface area contributed by atoms with Crippen LogP contribution in [0.5, 0.6) is 0 Å². The second-order valence-electron chi connectivity index (χ2n) is 2.84. The van der Waals surface area contributed by atoms with E-state index in [4.69, 9.17) is 4.84 Å². The predicted molar refractivity (Wildman–Crippen MR) is 37.0 cm³/mol. The Bertz CT molecular complexity index is 94.9. The summed E-state index contributed by atoms with van der Waals surface area (Å²) in [6, 6.07) is 0. The Hall–Kier alpha value is -0.0800. The van der Waals surface area contributed by atoms with E-state index in [-0.39, 0.29) is 0 Å². The van der Waals surface area contributed by atoms with E-state index in [9.17, 15) is 0 Å². The van der Waals surface area contributed by atoms with Crippen molar-refractivity contribution in [1.82, 2.24) is 5.06 Å². The zero-order valence-corrected chi connectivity index (χ0v) is 6.42. The molecule has 0 unspecified atom stereocenters. The molecule has 0 aromatic carbocycles. The van der Waals surface area contributed by atoms with Crippen LogP contribution in [-0.2, 0) is 4.84 Å². The lowest BCUT2D eigenvalue weighted by Gasteiger charge is -2.09. The summed E-state index contributed by atoms with van der Waals surface area (Å²) in [5.41, 5.74) is 0. The van der Waals surface area contributed by atoms with Crippen molar-refractivity contribution < 1.29 is 4.84 Å². The van der Waals surface area contributed by atoms with Crippen molar-refractivity contribution in [3.8, 4) is 0 Å². The predicted octanol–water partition coefficient (Wildman–Crippen LogP) is 1.28. The van der Waals surface area contributed by atoms with E-state index < -0.39 is 0 Å². The molecule has 0 saturated carbocycles. The fourth-order valence-electron chi connectivity index (χ4n) is 1.38. The molecule has 1 saturated heterocycles. The zero-order chi connectivity index (χ0) is 6.85. The average molecular weight is 129 g/mol. The summed E-state index contributed by atoms with van der Waals surface area (Å²) in [5, 5.41) is 1.93. The Morgan fingerprint density at radius 1 is 1.67 bits per heavy atom. The van der Waals surface area contributed by atoms with Gasteiger partial charge in [0.15, 0.2) is 0 Å². The summed E-state index contributed by atoms with van der Waals surface area (Å²) in [6.45, 7) is 5.48. The third-order valence-corrected chi connectivity index (χ3v) is 1.90. The molecule has 0 N–H and O–H groups in total. The van der Waals surface area contributed by atoms with Gasteiger partial charge < -0.3 is 0 Å². The molecule has 0 amide bonds. The van der Waals surface area contributed by atoms with E-state index in [2.05, 4.69) is 13.8 Å². The van der Waals surface area contributed by atoms with E-state index in [1.54, 1.807) is 0 Å². The monoisotopic (exact) mass is 129 g/mol. The van der Waals surface area contributed by atoms with Gasteiger partial charge in [0.05, 0.1) is 6.10 Å². The fraction of sp³-hybridized carbons (Fsp3) is 1.00. The molecule has 9 heavy (non-hydrogen) atoms. The molecule has 1 fully saturated rings. The first-order valence-corrected chi connectivity index (χ1v) is 3.62. The van der Waals surface area contributed by atoms with Crippen LogP contribution in [0, 0.1) is 5.92 Å². The normalized spacial score (nSPS) is 37.7. The van der Waals surface area contributed by atoms with Crippen LogP contribution in [0.2, 0.25) is 0 Å². The molecule has 0 bridgehead atoms. The van der Waals surface area contributed by atoms with Crippen LogP contribution < -0.4 is 0 Å². The second kappa shape index (κ2) is 2.67. The minimum atomic E-state index is 0.468. The van der Waals surface area contributed by atoms with E-state index in [1.807, 2.05) is 12.1 Å². The van der Waals surface area contributed by atoms with Crippen LogP contribution in [0.15, 0.2) is 0 Å². The standard InChI is InChI=1S/C7H15NO/c1-4-7-6(2)5-8(3)9-7/h6-7H,4-5H2,1-3H3/t6-,7-/m0/s1. The van der Waals surface area contributed by atoms with Gasteiger partial charge in [-0.2, -0.15) is 5.06 Å². The van der Waals surface area contributed by atoms with Crippen LogP contribution in [0.3, 0.4) is 0 Å². The summed E-state index contributed by atoms with van der Waals surface area (Å²) in [5.74, 6) is 0.708. The molecular weight excluding hydrogens is 114 g/mol. The van der Waals surface area contributed by atoms with Gasteiger partial charge in [0.25, 0.3) is 0 Å².